The number of halogens is 1. The van der Waals surface area contributed by atoms with Crippen molar-refractivity contribution in [2.75, 3.05) is 19.0 Å². The minimum atomic E-state index is -0.254. The number of carbonyl (C=O) groups excluding carboxylic acids is 1. The second kappa shape index (κ2) is 6.59. The molecule has 0 bridgehead atoms. The molecule has 1 atom stereocenters. The Hall–Kier alpha value is -1.10. The molecule has 1 unspecified atom stereocenters. The molecule has 0 aromatic heterocycles. The first kappa shape index (κ1) is 14.0. The van der Waals surface area contributed by atoms with Crippen LogP contribution in [0.3, 0.4) is 0 Å². The molecular formula is C12H17ClN2O2. The molecule has 94 valence electrons. The minimum Gasteiger partial charge on any atom is -0.380 e. The van der Waals surface area contributed by atoms with Crippen molar-refractivity contribution < 1.29 is 9.53 Å². The van der Waals surface area contributed by atoms with E-state index in [1.54, 1.807) is 6.07 Å². The lowest BCUT2D eigenvalue weighted by Crippen LogP contribution is -2.28. The van der Waals surface area contributed by atoms with Crippen LogP contribution in [0.15, 0.2) is 18.2 Å². The van der Waals surface area contributed by atoms with E-state index >= 15 is 0 Å². The molecule has 0 heterocycles. The molecule has 1 aromatic rings. The highest BCUT2D eigenvalue weighted by Crippen LogP contribution is 2.20. The summed E-state index contributed by atoms with van der Waals surface area (Å²) in [6, 6.07) is 5.39. The number of amides is 1. The van der Waals surface area contributed by atoms with Gasteiger partial charge in [-0.2, -0.15) is 0 Å². The summed E-state index contributed by atoms with van der Waals surface area (Å²) in [5.74, 6) is -0.137. The molecule has 0 aliphatic carbocycles. The van der Waals surface area contributed by atoms with Gasteiger partial charge in [0.25, 0.3) is 0 Å². The maximum atomic E-state index is 11.6. The number of nitrogens with one attached hydrogen (secondary N) is 1. The highest BCUT2D eigenvalue weighted by atomic mass is 35.5. The Morgan fingerprint density at radius 2 is 2.29 bits per heavy atom. The van der Waals surface area contributed by atoms with Crippen LogP contribution >= 0.6 is 11.6 Å². The molecule has 1 amide bonds. The normalized spacial score (nSPS) is 12.2. The minimum absolute atomic E-state index is 0.137. The first-order valence-corrected chi connectivity index (χ1v) is 5.73. The van der Waals surface area contributed by atoms with Crippen molar-refractivity contribution >= 4 is 23.2 Å². The van der Waals surface area contributed by atoms with Crippen LogP contribution in [0.1, 0.15) is 12.0 Å². The predicted octanol–water partition coefficient (Wildman–Crippen LogP) is 1.95. The third-order valence-corrected chi connectivity index (χ3v) is 2.87. The highest BCUT2D eigenvalue weighted by Gasteiger charge is 2.11. The summed E-state index contributed by atoms with van der Waals surface area (Å²) < 4.78 is 5.04. The number of hydrogen-bond acceptors (Lipinski definition) is 3. The number of ether oxygens (including phenoxy) is 1. The average Bonchev–Trinajstić information content (AvgIpc) is 2.31. The fraction of sp³-hybridized carbons (Fsp3) is 0.417. The lowest BCUT2D eigenvalue weighted by molar-refractivity contribution is -0.118. The number of nitrogens with two attached hydrogens (primary N) is 1. The summed E-state index contributed by atoms with van der Waals surface area (Å²) in [6.45, 7) is 2.22. The van der Waals surface area contributed by atoms with E-state index < -0.39 is 0 Å². The van der Waals surface area contributed by atoms with E-state index in [-0.39, 0.29) is 18.4 Å². The molecule has 0 aliphatic heterocycles. The monoisotopic (exact) mass is 256 g/mol. The van der Waals surface area contributed by atoms with E-state index in [0.717, 1.165) is 5.56 Å². The second-order valence-electron chi connectivity index (χ2n) is 3.81. The van der Waals surface area contributed by atoms with E-state index in [1.807, 2.05) is 19.1 Å². The Kier molecular flexibility index (Phi) is 5.41. The van der Waals surface area contributed by atoms with E-state index in [0.29, 0.717) is 17.3 Å². The van der Waals surface area contributed by atoms with Crippen LogP contribution in [0.4, 0.5) is 5.69 Å². The van der Waals surface area contributed by atoms with Crippen molar-refractivity contribution in [2.45, 2.75) is 19.4 Å². The quantitative estimate of drug-likeness (QED) is 0.846. The van der Waals surface area contributed by atoms with Crippen LogP contribution < -0.4 is 11.1 Å². The van der Waals surface area contributed by atoms with Gasteiger partial charge in [-0.25, -0.2) is 0 Å². The first-order chi connectivity index (χ1) is 8.06. The van der Waals surface area contributed by atoms with Gasteiger partial charge in [-0.3, -0.25) is 4.79 Å². The maximum Gasteiger partial charge on any atom is 0.227 e. The summed E-state index contributed by atoms with van der Waals surface area (Å²) in [5.41, 5.74) is 7.09. The molecule has 0 radical (unpaired) electrons. The van der Waals surface area contributed by atoms with Gasteiger partial charge in [-0.1, -0.05) is 17.7 Å². The largest absolute Gasteiger partial charge is 0.380 e. The number of hydrogen-bond donors (Lipinski definition) is 2. The molecule has 0 fully saturated rings. The topological polar surface area (TPSA) is 64.3 Å². The molecule has 0 aliphatic rings. The van der Waals surface area contributed by atoms with Crippen LogP contribution in [0.5, 0.6) is 0 Å². The molecule has 0 spiro atoms. The van der Waals surface area contributed by atoms with Crippen LogP contribution in [-0.2, 0) is 9.53 Å². The molecule has 0 saturated heterocycles. The van der Waals surface area contributed by atoms with Gasteiger partial charge >= 0.3 is 0 Å². The van der Waals surface area contributed by atoms with E-state index in [4.69, 9.17) is 22.1 Å². The number of benzene rings is 1. The highest BCUT2D eigenvalue weighted by molar-refractivity contribution is 6.31. The number of aryl methyl sites for hydroxylation is 1. The molecule has 17 heavy (non-hydrogen) atoms. The van der Waals surface area contributed by atoms with Gasteiger partial charge in [0.1, 0.15) is 0 Å². The Labute approximate surface area is 106 Å². The number of rotatable bonds is 5. The fourth-order valence-corrected chi connectivity index (χ4v) is 1.53. The Bertz CT molecular complexity index is 392. The zero-order valence-corrected chi connectivity index (χ0v) is 10.8. The van der Waals surface area contributed by atoms with Crippen LogP contribution in [0.25, 0.3) is 0 Å². The van der Waals surface area contributed by atoms with Crippen molar-refractivity contribution in [3.63, 3.8) is 0 Å². The van der Waals surface area contributed by atoms with Gasteiger partial charge in [-0.05, 0) is 24.6 Å². The Morgan fingerprint density at radius 1 is 1.59 bits per heavy atom. The predicted molar refractivity (Wildman–Crippen MR) is 69.3 cm³/mol. The van der Waals surface area contributed by atoms with E-state index in [2.05, 4.69) is 5.32 Å². The number of methoxy groups -OCH3 is 1. The summed E-state index contributed by atoms with van der Waals surface area (Å²) in [6.07, 6.45) is -0.0192. The van der Waals surface area contributed by atoms with Crippen LogP contribution in [0, 0.1) is 6.92 Å². The molecular weight excluding hydrogens is 240 g/mol. The third-order valence-electron chi connectivity index (χ3n) is 2.46. The summed E-state index contributed by atoms with van der Waals surface area (Å²) in [5, 5.41) is 3.38. The molecule has 4 nitrogen and oxygen atoms in total. The van der Waals surface area contributed by atoms with Crippen LogP contribution in [0.2, 0.25) is 5.02 Å². The summed E-state index contributed by atoms with van der Waals surface area (Å²) in [4.78, 5) is 11.6. The molecule has 3 N–H and O–H groups in total. The average molecular weight is 257 g/mol. The lowest BCUT2D eigenvalue weighted by atomic mass is 10.2. The van der Waals surface area contributed by atoms with Gasteiger partial charge in [0.2, 0.25) is 5.91 Å². The van der Waals surface area contributed by atoms with Gasteiger partial charge in [0, 0.05) is 24.4 Å². The van der Waals surface area contributed by atoms with Crippen molar-refractivity contribution in [2.24, 2.45) is 5.73 Å². The zero-order valence-electron chi connectivity index (χ0n) is 10.00. The van der Waals surface area contributed by atoms with Gasteiger partial charge < -0.3 is 15.8 Å². The van der Waals surface area contributed by atoms with E-state index in [1.165, 1.54) is 7.11 Å². The van der Waals surface area contributed by atoms with Gasteiger partial charge in [-0.15, -0.1) is 0 Å². The van der Waals surface area contributed by atoms with Crippen molar-refractivity contribution in [1.29, 1.82) is 0 Å². The van der Waals surface area contributed by atoms with Crippen LogP contribution in [-0.4, -0.2) is 25.7 Å². The maximum absolute atomic E-state index is 11.6. The molecule has 1 aromatic carbocycles. The SMILES string of the molecule is COC(CN)CC(=O)Nc1ccc(C)c(Cl)c1. The summed E-state index contributed by atoms with van der Waals surface area (Å²) >= 11 is 5.96. The molecule has 0 saturated carbocycles. The zero-order chi connectivity index (χ0) is 12.8. The fourth-order valence-electron chi connectivity index (χ4n) is 1.35. The van der Waals surface area contributed by atoms with Crippen molar-refractivity contribution in [1.82, 2.24) is 0 Å². The molecule has 1 rings (SSSR count). The lowest BCUT2D eigenvalue weighted by Gasteiger charge is -2.12. The van der Waals surface area contributed by atoms with E-state index in [9.17, 15) is 4.79 Å². The van der Waals surface area contributed by atoms with Crippen molar-refractivity contribution in [3.8, 4) is 0 Å². The van der Waals surface area contributed by atoms with Gasteiger partial charge in [0.05, 0.1) is 12.5 Å². The molecule has 5 heteroatoms. The third kappa shape index (κ3) is 4.34. The first-order valence-electron chi connectivity index (χ1n) is 5.35. The second-order valence-corrected chi connectivity index (χ2v) is 4.22. The summed E-state index contributed by atoms with van der Waals surface area (Å²) in [7, 11) is 1.54. The van der Waals surface area contributed by atoms with Crippen molar-refractivity contribution in [3.05, 3.63) is 28.8 Å². The Balaban J connectivity index is 2.58. The number of carbonyl (C=O) groups is 1. The number of anilines is 1. The standard InChI is InChI=1S/C12H17ClN2O2/c1-8-3-4-9(5-11(8)13)15-12(16)6-10(7-14)17-2/h3-5,10H,6-7,14H2,1-2H3,(H,15,16). The van der Waals surface area contributed by atoms with Gasteiger partial charge in [0.15, 0.2) is 0 Å². The smallest absolute Gasteiger partial charge is 0.227 e. The Morgan fingerprint density at radius 3 is 2.82 bits per heavy atom.